The Balaban J connectivity index is 1.38. The normalized spacial score (nSPS) is 25.0. The van der Waals surface area contributed by atoms with Crippen molar-refractivity contribution in [3.05, 3.63) is 81.5 Å². The highest BCUT2D eigenvalue weighted by molar-refractivity contribution is 7.89. The van der Waals surface area contributed by atoms with Gasteiger partial charge in [-0.2, -0.15) is 5.10 Å². The molecule has 46 heavy (non-hydrogen) atoms. The molecule has 2 bridgehead atoms. The summed E-state index contributed by atoms with van der Waals surface area (Å²) in [4.78, 5) is 16.0. The molecule has 0 amide bonds. The Hall–Kier alpha value is -3.12. The maximum atomic E-state index is 15.8. The van der Waals surface area contributed by atoms with E-state index in [0.29, 0.717) is 58.8 Å². The van der Waals surface area contributed by atoms with Crippen molar-refractivity contribution in [2.45, 2.75) is 76.0 Å². The fraction of sp³-hybridized carbons (Fsp3) is 0.457. The zero-order chi connectivity index (χ0) is 32.3. The average molecular weight is 665 g/mol. The summed E-state index contributed by atoms with van der Waals surface area (Å²) in [7, 11) is 0. The number of carbonyl (C=O) groups is 1. The number of hydrogen-bond acceptors (Lipinski definition) is 6. The first-order valence-corrected chi connectivity index (χ1v) is 18.2. The highest BCUT2D eigenvalue weighted by atomic mass is 32.2. The van der Waals surface area contributed by atoms with E-state index in [4.69, 9.17) is 10.2 Å². The van der Waals surface area contributed by atoms with E-state index in [1.54, 1.807) is 22.9 Å². The molecule has 4 aliphatic rings. The molecule has 2 heterocycles. The summed E-state index contributed by atoms with van der Waals surface area (Å²) in [5.41, 5.74) is 4.50. The Morgan fingerprint density at radius 3 is 2.50 bits per heavy atom. The van der Waals surface area contributed by atoms with Crippen LogP contribution in [0.3, 0.4) is 0 Å². The lowest BCUT2D eigenvalue weighted by Gasteiger charge is -2.33. The minimum atomic E-state index is -1.95. The molecule has 4 fully saturated rings. The maximum Gasteiger partial charge on any atom is 0.355 e. The zero-order valence-corrected chi connectivity index (χ0v) is 27.6. The van der Waals surface area contributed by atoms with Gasteiger partial charge in [-0.05, 0) is 122 Å². The van der Waals surface area contributed by atoms with Crippen molar-refractivity contribution >= 4 is 28.7 Å². The fourth-order valence-electron chi connectivity index (χ4n) is 8.12. The summed E-state index contributed by atoms with van der Waals surface area (Å²) in [6.45, 7) is 4.61. The van der Waals surface area contributed by atoms with Gasteiger partial charge in [0, 0.05) is 22.9 Å². The summed E-state index contributed by atoms with van der Waals surface area (Å²) in [6, 6.07) is 9.82. The van der Waals surface area contributed by atoms with E-state index in [2.05, 4.69) is 18.8 Å². The molecule has 7 nitrogen and oxygen atoms in total. The van der Waals surface area contributed by atoms with Gasteiger partial charge in [0.1, 0.15) is 5.82 Å². The minimum Gasteiger partial charge on any atom is -0.593 e. The minimum absolute atomic E-state index is 0.0565. The molecule has 8 rings (SSSR count). The summed E-state index contributed by atoms with van der Waals surface area (Å²) in [6.07, 6.45) is 7.69. The second-order valence-electron chi connectivity index (χ2n) is 13.7. The molecule has 11 heteroatoms. The first-order valence-electron chi connectivity index (χ1n) is 16.1. The molecule has 6 atom stereocenters. The van der Waals surface area contributed by atoms with Gasteiger partial charge in [-0.3, -0.25) is 0 Å². The number of aromatic carboxylic acids is 1. The molecular weight excluding hydrogens is 627 g/mol. The molecule has 0 saturated heterocycles. The predicted molar refractivity (Wildman–Crippen MR) is 174 cm³/mol. The summed E-state index contributed by atoms with van der Waals surface area (Å²) >= 11 is -0.749. The van der Waals surface area contributed by atoms with Gasteiger partial charge in [0.25, 0.3) is 0 Å². The molecule has 4 aromatic rings. The van der Waals surface area contributed by atoms with E-state index in [1.807, 2.05) is 6.07 Å². The van der Waals surface area contributed by atoms with E-state index in [0.717, 1.165) is 54.5 Å². The average Bonchev–Trinajstić information content (AvgIpc) is 3.64. The van der Waals surface area contributed by atoms with Crippen LogP contribution in [0.25, 0.3) is 16.4 Å². The molecule has 4 saturated carbocycles. The van der Waals surface area contributed by atoms with Crippen LogP contribution in [0, 0.1) is 41.2 Å². The number of benzene rings is 2. The van der Waals surface area contributed by atoms with Gasteiger partial charge in [0.2, 0.25) is 10.0 Å². The number of fused-ring (bicyclic) bond motifs is 4. The first kappa shape index (κ1) is 31.5. The number of carboxylic acid groups (broad SMARTS) is 1. The third-order valence-corrected chi connectivity index (χ3v) is 12.1. The monoisotopic (exact) mass is 664 g/mol. The van der Waals surface area contributed by atoms with Crippen LogP contribution in [-0.4, -0.2) is 30.4 Å². The van der Waals surface area contributed by atoms with Crippen LogP contribution in [0.1, 0.15) is 91.2 Å². The number of carboxylic acids is 1. The van der Waals surface area contributed by atoms with Crippen LogP contribution in [-0.2, 0) is 24.2 Å². The van der Waals surface area contributed by atoms with Gasteiger partial charge < -0.3 is 9.66 Å². The lowest BCUT2D eigenvalue weighted by molar-refractivity contribution is 0.0691. The van der Waals surface area contributed by atoms with Gasteiger partial charge in [0.15, 0.2) is 11.5 Å². The van der Waals surface area contributed by atoms with Crippen LogP contribution in [0.4, 0.5) is 8.78 Å². The van der Waals surface area contributed by atoms with Crippen molar-refractivity contribution < 1.29 is 23.2 Å². The predicted octanol–water partition coefficient (Wildman–Crippen LogP) is 7.67. The molecule has 0 radical (unpaired) electrons. The number of aromatic nitrogens is 3. The van der Waals surface area contributed by atoms with Crippen LogP contribution in [0.15, 0.2) is 46.7 Å². The Kier molecular flexibility index (Phi) is 8.54. The first-order chi connectivity index (χ1) is 22.1. The maximum absolute atomic E-state index is 15.8. The molecule has 0 spiro atoms. The number of thiazole rings is 1. The highest BCUT2D eigenvalue weighted by Crippen LogP contribution is 2.52. The highest BCUT2D eigenvalue weighted by Gasteiger charge is 2.42. The molecule has 2 aromatic carbocycles. The molecule has 3 N–H and O–H groups in total. The second kappa shape index (κ2) is 12.5. The standard InChI is InChI=1S/C35H38F2N4O3S2/c1-18-11-23-7-6-22(18)12-19(2)32(23)25-16-24(8-9-27(25)36)33-26(13-21-5-10-31(46(38)44)28(37)14-21)30(15-20-3-4-20)41(40-33)35-39-29(17-45-35)34(42)43/h5,8-10,14,16-20,22-23,32H,3-4,6-7,11-13,15,38H2,1-2H3,(H,42,43). The third-order valence-electron chi connectivity index (χ3n) is 10.6. The van der Waals surface area contributed by atoms with Crippen molar-refractivity contribution in [1.29, 1.82) is 0 Å². The number of nitrogens with zero attached hydrogens (tertiary/aromatic N) is 3. The SMILES string of the molecule is CC1CC2CCC1CC(C)C2c1cc(-c2nn(-c3nc(C(=O)O)cs3)c(CC3CC3)c2Cc2ccc([S+](N)[O-])c(F)c2)ccc1F. The van der Waals surface area contributed by atoms with Crippen LogP contribution >= 0.6 is 11.3 Å². The van der Waals surface area contributed by atoms with Gasteiger partial charge >= 0.3 is 5.97 Å². The molecule has 242 valence electrons. The Labute approximate surface area is 274 Å². The summed E-state index contributed by atoms with van der Waals surface area (Å²) in [5, 5.41) is 22.1. The quantitative estimate of drug-likeness (QED) is 0.177. The Morgan fingerprint density at radius 1 is 1.07 bits per heavy atom. The second-order valence-corrected chi connectivity index (χ2v) is 15.5. The molecule has 4 aliphatic carbocycles. The molecule has 2 aromatic heterocycles. The van der Waals surface area contributed by atoms with Crippen molar-refractivity contribution in [1.82, 2.24) is 14.8 Å². The van der Waals surface area contributed by atoms with Gasteiger partial charge in [-0.1, -0.05) is 19.9 Å². The van der Waals surface area contributed by atoms with Crippen molar-refractivity contribution in [2.75, 3.05) is 0 Å². The van der Waals surface area contributed by atoms with Crippen LogP contribution in [0.2, 0.25) is 0 Å². The van der Waals surface area contributed by atoms with E-state index in [1.165, 1.54) is 35.3 Å². The number of hydrogen-bond donors (Lipinski definition) is 2. The smallest absolute Gasteiger partial charge is 0.355 e. The van der Waals surface area contributed by atoms with Gasteiger partial charge in [0.05, 0.1) is 22.7 Å². The lowest BCUT2D eigenvalue weighted by Crippen LogP contribution is -2.22. The summed E-state index contributed by atoms with van der Waals surface area (Å²) in [5.74, 6) is 0.721. The zero-order valence-electron chi connectivity index (χ0n) is 25.9. The largest absolute Gasteiger partial charge is 0.593 e. The third kappa shape index (κ3) is 6.03. The van der Waals surface area contributed by atoms with Crippen LogP contribution in [0.5, 0.6) is 0 Å². The van der Waals surface area contributed by atoms with E-state index in [-0.39, 0.29) is 22.3 Å². The Morgan fingerprint density at radius 2 is 1.83 bits per heavy atom. The van der Waals surface area contributed by atoms with E-state index >= 15 is 4.39 Å². The Bertz CT molecular complexity index is 1790. The van der Waals surface area contributed by atoms with E-state index < -0.39 is 23.1 Å². The molecular formula is C35H38F2N4O3S2. The summed E-state index contributed by atoms with van der Waals surface area (Å²) < 4.78 is 44.4. The fourth-order valence-corrected chi connectivity index (χ4v) is 9.35. The molecule has 0 aliphatic heterocycles. The van der Waals surface area contributed by atoms with Gasteiger partial charge in [-0.25, -0.2) is 23.2 Å². The van der Waals surface area contributed by atoms with E-state index in [9.17, 15) is 18.8 Å². The topological polar surface area (TPSA) is 117 Å². The van der Waals surface area contributed by atoms with Gasteiger partial charge in [-0.15, -0.1) is 16.5 Å². The number of halogens is 2. The molecule has 6 unspecified atom stereocenters. The number of rotatable bonds is 9. The van der Waals surface area contributed by atoms with Crippen molar-refractivity contribution in [2.24, 2.45) is 34.7 Å². The lowest BCUT2D eigenvalue weighted by atomic mass is 9.72. The number of nitrogens with two attached hydrogens (primary N) is 1. The van der Waals surface area contributed by atoms with Crippen molar-refractivity contribution in [3.8, 4) is 16.4 Å². The van der Waals surface area contributed by atoms with Crippen LogP contribution < -0.4 is 5.14 Å². The van der Waals surface area contributed by atoms with Crippen molar-refractivity contribution in [3.63, 3.8) is 0 Å².